The molecule has 8 rings (SSSR count). The monoisotopic (exact) mass is 507 g/mol. The van der Waals surface area contributed by atoms with Crippen LogP contribution in [0, 0.1) is 17.7 Å². The third kappa shape index (κ3) is 3.18. The molecule has 0 bridgehead atoms. The topological polar surface area (TPSA) is 52.9 Å². The number of likely N-dealkylation sites (tertiary alicyclic amines) is 2. The molecular weight excluding hydrogens is 469 g/mol. The fourth-order valence-electron chi connectivity index (χ4n) is 9.10. The van der Waals surface area contributed by atoms with Crippen molar-refractivity contribution in [3.8, 4) is 0 Å². The average molecular weight is 508 g/mol. The first-order chi connectivity index (χ1) is 18.0. The van der Waals surface area contributed by atoms with Gasteiger partial charge in [0.2, 0.25) is 5.91 Å². The molecule has 2 amide bonds. The van der Waals surface area contributed by atoms with Crippen molar-refractivity contribution in [2.75, 3.05) is 24.5 Å². The SMILES string of the molecule is O=C(C1CCC1)N1CC2(CCN(C3CC4CCC5N(C(=O)OC6CCC6)C45C3)CC2)c2cc(F)ccc21. The molecule has 1 aromatic rings. The van der Waals surface area contributed by atoms with Crippen molar-refractivity contribution < 1.29 is 18.7 Å². The van der Waals surface area contributed by atoms with Gasteiger partial charge >= 0.3 is 6.09 Å². The number of ether oxygens (including phenoxy) is 1. The predicted octanol–water partition coefficient (Wildman–Crippen LogP) is 4.99. The fourth-order valence-corrected chi connectivity index (χ4v) is 9.10. The molecule has 7 heteroatoms. The summed E-state index contributed by atoms with van der Waals surface area (Å²) in [5.41, 5.74) is 1.91. The maximum atomic E-state index is 14.4. The van der Waals surface area contributed by atoms with E-state index in [1.54, 1.807) is 6.07 Å². The highest BCUT2D eigenvalue weighted by atomic mass is 19.1. The molecule has 4 saturated carbocycles. The van der Waals surface area contributed by atoms with Crippen LogP contribution in [0.15, 0.2) is 18.2 Å². The summed E-state index contributed by atoms with van der Waals surface area (Å²) in [6, 6.07) is 5.95. The van der Waals surface area contributed by atoms with Crippen LogP contribution in [0.2, 0.25) is 0 Å². The molecule has 7 aliphatic rings. The Morgan fingerprint density at radius 1 is 1.00 bits per heavy atom. The van der Waals surface area contributed by atoms with Crippen molar-refractivity contribution in [3.63, 3.8) is 0 Å². The fraction of sp³-hybridized carbons (Fsp3) is 0.733. The lowest BCUT2D eigenvalue weighted by Crippen LogP contribution is -2.49. The van der Waals surface area contributed by atoms with E-state index >= 15 is 0 Å². The highest BCUT2D eigenvalue weighted by Gasteiger charge is 2.75. The number of carbonyl (C=O) groups excluding carboxylic acids is 2. The summed E-state index contributed by atoms with van der Waals surface area (Å²) in [5.74, 6) is 0.796. The van der Waals surface area contributed by atoms with Crippen molar-refractivity contribution in [2.45, 2.75) is 106 Å². The Kier molecular flexibility index (Phi) is 4.89. The Morgan fingerprint density at radius 2 is 1.78 bits per heavy atom. The number of nitrogens with zero attached hydrogens (tertiary/aromatic N) is 3. The Morgan fingerprint density at radius 3 is 2.49 bits per heavy atom. The average Bonchev–Trinajstić information content (AvgIpc) is 3.09. The van der Waals surface area contributed by atoms with Crippen LogP contribution in [0.25, 0.3) is 0 Å². The van der Waals surface area contributed by atoms with Crippen molar-refractivity contribution in [2.24, 2.45) is 11.8 Å². The minimum Gasteiger partial charge on any atom is -0.446 e. The first-order valence-corrected chi connectivity index (χ1v) is 14.8. The van der Waals surface area contributed by atoms with E-state index in [-0.39, 0.29) is 40.8 Å². The van der Waals surface area contributed by atoms with E-state index in [0.29, 0.717) is 24.5 Å². The van der Waals surface area contributed by atoms with Gasteiger partial charge in [0.05, 0.1) is 11.6 Å². The zero-order valence-corrected chi connectivity index (χ0v) is 21.7. The Hall–Kier alpha value is -2.15. The molecule has 0 aromatic heterocycles. The maximum absolute atomic E-state index is 14.4. The van der Waals surface area contributed by atoms with Crippen LogP contribution < -0.4 is 4.90 Å². The highest BCUT2D eigenvalue weighted by molar-refractivity contribution is 5.98. The van der Waals surface area contributed by atoms with Gasteiger partial charge in [-0.2, -0.15) is 0 Å². The molecule has 0 radical (unpaired) electrons. The van der Waals surface area contributed by atoms with Crippen molar-refractivity contribution >= 4 is 17.7 Å². The summed E-state index contributed by atoms with van der Waals surface area (Å²) in [6.45, 7) is 2.66. The van der Waals surface area contributed by atoms with Gasteiger partial charge < -0.3 is 14.5 Å². The number of benzene rings is 1. The number of fused-ring (bicyclic) bond motifs is 2. The maximum Gasteiger partial charge on any atom is 0.410 e. The summed E-state index contributed by atoms with van der Waals surface area (Å²) in [6.07, 6.45) is 13.0. The van der Waals surface area contributed by atoms with Gasteiger partial charge in [-0.1, -0.05) is 6.42 Å². The smallest absolute Gasteiger partial charge is 0.410 e. The molecule has 2 saturated heterocycles. The molecule has 6 nitrogen and oxygen atoms in total. The predicted molar refractivity (Wildman–Crippen MR) is 137 cm³/mol. The molecule has 0 N–H and O–H groups in total. The van der Waals surface area contributed by atoms with Gasteiger partial charge in [-0.25, -0.2) is 9.18 Å². The summed E-state index contributed by atoms with van der Waals surface area (Å²) in [4.78, 5) is 33.0. The molecule has 6 fully saturated rings. The molecule has 3 heterocycles. The number of piperidine rings is 2. The molecule has 2 spiro atoms. The number of carbonyl (C=O) groups is 2. The molecule has 4 atom stereocenters. The minimum absolute atomic E-state index is 0.0513. The standard InChI is InChI=1S/C30H38FN3O3/c31-21-8-9-25-24(16-21)29(18-33(25)27(35)19-3-1-4-19)11-13-32(14-12-29)22-15-20-7-10-26-30(20,17-22)34(26)28(36)37-23-5-2-6-23/h8-9,16,19-20,22-23,26H,1-7,10-15,17-18H2. The van der Waals surface area contributed by atoms with E-state index in [1.807, 2.05) is 11.0 Å². The lowest BCUT2D eigenvalue weighted by molar-refractivity contribution is -0.124. The molecule has 1 aromatic carbocycles. The number of anilines is 1. The summed E-state index contributed by atoms with van der Waals surface area (Å²) in [7, 11) is 0. The summed E-state index contributed by atoms with van der Waals surface area (Å²) >= 11 is 0. The van der Waals surface area contributed by atoms with E-state index < -0.39 is 0 Å². The second-order valence-electron chi connectivity index (χ2n) is 13.2. The largest absolute Gasteiger partial charge is 0.446 e. The number of amides is 2. The second kappa shape index (κ2) is 7.93. The van der Waals surface area contributed by atoms with Crippen molar-refractivity contribution in [1.82, 2.24) is 9.80 Å². The van der Waals surface area contributed by atoms with E-state index in [2.05, 4.69) is 9.80 Å². The van der Waals surface area contributed by atoms with Crippen LogP contribution in [0.3, 0.4) is 0 Å². The van der Waals surface area contributed by atoms with E-state index in [4.69, 9.17) is 4.74 Å². The molecule has 198 valence electrons. The number of halogens is 1. The third-order valence-corrected chi connectivity index (χ3v) is 11.7. The van der Waals surface area contributed by atoms with Crippen LogP contribution >= 0.6 is 0 Å². The van der Waals surface area contributed by atoms with Crippen LogP contribution in [0.1, 0.15) is 82.6 Å². The van der Waals surface area contributed by atoms with Crippen molar-refractivity contribution in [1.29, 1.82) is 0 Å². The first-order valence-electron chi connectivity index (χ1n) is 14.8. The molecule has 3 aliphatic heterocycles. The van der Waals surface area contributed by atoms with Crippen molar-refractivity contribution in [3.05, 3.63) is 29.6 Å². The quantitative estimate of drug-likeness (QED) is 0.541. The second-order valence-corrected chi connectivity index (χ2v) is 13.2. The third-order valence-electron chi connectivity index (χ3n) is 11.7. The van der Waals surface area contributed by atoms with Crippen LogP contribution in [0.4, 0.5) is 14.9 Å². The molecular formula is C30H38FN3O3. The van der Waals surface area contributed by atoms with Crippen LogP contribution in [0.5, 0.6) is 0 Å². The molecule has 4 unspecified atom stereocenters. The minimum atomic E-state index is -0.199. The van der Waals surface area contributed by atoms with Gasteiger partial charge in [-0.15, -0.1) is 0 Å². The van der Waals surface area contributed by atoms with E-state index in [9.17, 15) is 14.0 Å². The van der Waals surface area contributed by atoms with Gasteiger partial charge in [0, 0.05) is 29.6 Å². The first kappa shape index (κ1) is 22.8. The number of rotatable bonds is 3. The molecule has 37 heavy (non-hydrogen) atoms. The Balaban J connectivity index is 0.968. The molecule has 4 aliphatic carbocycles. The summed E-state index contributed by atoms with van der Waals surface area (Å²) in [5, 5.41) is 0. The van der Waals surface area contributed by atoms with Crippen LogP contribution in [-0.4, -0.2) is 65.2 Å². The lowest BCUT2D eigenvalue weighted by Gasteiger charge is -2.42. The van der Waals surface area contributed by atoms with Gasteiger partial charge in [-0.3, -0.25) is 9.69 Å². The normalized spacial score (nSPS) is 36.1. The van der Waals surface area contributed by atoms with Gasteiger partial charge in [0.1, 0.15) is 11.9 Å². The highest BCUT2D eigenvalue weighted by Crippen LogP contribution is 2.65. The lowest BCUT2D eigenvalue weighted by atomic mass is 9.74. The summed E-state index contributed by atoms with van der Waals surface area (Å²) < 4.78 is 20.2. The van der Waals surface area contributed by atoms with E-state index in [0.717, 1.165) is 82.1 Å². The zero-order valence-electron chi connectivity index (χ0n) is 21.7. The Bertz CT molecular complexity index is 1140. The Labute approximate surface area is 218 Å². The number of hydrogen-bond acceptors (Lipinski definition) is 4. The van der Waals surface area contributed by atoms with E-state index in [1.165, 1.54) is 25.3 Å². The van der Waals surface area contributed by atoms with Gasteiger partial charge in [-0.05, 0) is 113 Å². The van der Waals surface area contributed by atoms with Gasteiger partial charge in [0.25, 0.3) is 0 Å². The van der Waals surface area contributed by atoms with Crippen LogP contribution in [-0.2, 0) is 14.9 Å². The van der Waals surface area contributed by atoms with Gasteiger partial charge in [0.15, 0.2) is 0 Å². The zero-order chi connectivity index (χ0) is 24.9. The number of hydrogen-bond donors (Lipinski definition) is 0.